The molecule has 22 heavy (non-hydrogen) atoms. The third kappa shape index (κ3) is 4.23. The van der Waals surface area contributed by atoms with Crippen molar-refractivity contribution in [1.82, 2.24) is 5.32 Å². The van der Waals surface area contributed by atoms with Gasteiger partial charge in [0, 0.05) is 10.9 Å². The highest BCUT2D eigenvalue weighted by molar-refractivity contribution is 8.00. The van der Waals surface area contributed by atoms with E-state index < -0.39 is 21.1 Å². The van der Waals surface area contributed by atoms with E-state index in [1.165, 1.54) is 0 Å². The number of carboxylic acid groups (broad SMARTS) is 1. The zero-order valence-corrected chi connectivity index (χ0v) is 13.6. The lowest BCUT2D eigenvalue weighted by Crippen LogP contribution is -2.35. The lowest BCUT2D eigenvalue weighted by atomic mass is 10.2. The second-order valence-electron chi connectivity index (χ2n) is 5.17. The van der Waals surface area contributed by atoms with Gasteiger partial charge >= 0.3 is 5.97 Å². The number of nitrogens with one attached hydrogen (secondary N) is 1. The maximum absolute atomic E-state index is 12.3. The Morgan fingerprint density at radius 3 is 2.64 bits per heavy atom. The van der Waals surface area contributed by atoms with Gasteiger partial charge in [0.15, 0.2) is 9.84 Å². The zero-order chi connectivity index (χ0) is 16.3. The summed E-state index contributed by atoms with van der Waals surface area (Å²) in [7, 11) is -3.06. The fourth-order valence-corrected chi connectivity index (χ4v) is 4.77. The van der Waals surface area contributed by atoms with Gasteiger partial charge in [-0.2, -0.15) is 0 Å². The number of carbonyl (C=O) groups is 2. The molecule has 1 aromatic rings. The Morgan fingerprint density at radius 2 is 2.05 bits per heavy atom. The Balaban J connectivity index is 2.11. The monoisotopic (exact) mass is 343 g/mol. The first-order chi connectivity index (χ1) is 10.3. The number of carboxylic acids is 1. The van der Waals surface area contributed by atoms with Crippen LogP contribution in [0.15, 0.2) is 29.2 Å². The molecule has 0 saturated carbocycles. The van der Waals surface area contributed by atoms with Gasteiger partial charge in [0.25, 0.3) is 5.91 Å². The Morgan fingerprint density at radius 1 is 1.36 bits per heavy atom. The smallest absolute Gasteiger partial charge is 0.316 e. The summed E-state index contributed by atoms with van der Waals surface area (Å²) in [5.74, 6) is -1.28. The number of thioether (sulfide) groups is 1. The molecule has 2 N–H and O–H groups in total. The van der Waals surface area contributed by atoms with E-state index in [4.69, 9.17) is 5.11 Å². The molecule has 0 bridgehead atoms. The van der Waals surface area contributed by atoms with Crippen LogP contribution in [-0.2, 0) is 14.6 Å². The van der Waals surface area contributed by atoms with E-state index in [0.717, 1.165) is 11.8 Å². The van der Waals surface area contributed by atoms with E-state index >= 15 is 0 Å². The third-order valence-corrected chi connectivity index (χ3v) is 6.28. The molecule has 1 saturated heterocycles. The maximum atomic E-state index is 12.3. The van der Waals surface area contributed by atoms with Crippen LogP contribution in [0, 0.1) is 0 Å². The highest BCUT2D eigenvalue weighted by Crippen LogP contribution is 2.27. The van der Waals surface area contributed by atoms with Crippen molar-refractivity contribution >= 4 is 33.5 Å². The minimum absolute atomic E-state index is 0.0421. The summed E-state index contributed by atoms with van der Waals surface area (Å²) in [5.41, 5.74) is 0.366. The molecule has 120 valence electrons. The van der Waals surface area contributed by atoms with E-state index in [-0.39, 0.29) is 23.5 Å². The average molecular weight is 343 g/mol. The van der Waals surface area contributed by atoms with Crippen LogP contribution in [0.4, 0.5) is 0 Å². The molecule has 1 amide bonds. The number of carbonyl (C=O) groups excluding carboxylic acids is 1. The molecule has 1 aromatic carbocycles. The summed E-state index contributed by atoms with van der Waals surface area (Å²) in [6.45, 7) is 1.55. The van der Waals surface area contributed by atoms with E-state index in [9.17, 15) is 18.0 Å². The molecule has 1 aliphatic rings. The van der Waals surface area contributed by atoms with Gasteiger partial charge in [-0.15, -0.1) is 11.8 Å². The Labute approximate surface area is 133 Å². The van der Waals surface area contributed by atoms with E-state index in [2.05, 4.69) is 5.32 Å². The summed E-state index contributed by atoms with van der Waals surface area (Å²) in [6, 6.07) is 6.33. The summed E-state index contributed by atoms with van der Waals surface area (Å²) in [4.78, 5) is 23.8. The molecular formula is C14H17NO5S2. The first-order valence-electron chi connectivity index (χ1n) is 6.78. The molecule has 2 atom stereocenters. The first-order valence-corrected chi connectivity index (χ1v) is 9.48. The van der Waals surface area contributed by atoms with Crippen LogP contribution in [0.25, 0.3) is 0 Å². The number of benzene rings is 1. The van der Waals surface area contributed by atoms with Gasteiger partial charge in [0.1, 0.15) is 5.25 Å². The van der Waals surface area contributed by atoms with E-state index in [1.807, 2.05) is 0 Å². The quantitative estimate of drug-likeness (QED) is 0.779. The number of hydrogen-bond donors (Lipinski definition) is 2. The van der Waals surface area contributed by atoms with Crippen molar-refractivity contribution in [3.8, 4) is 0 Å². The summed E-state index contributed by atoms with van der Waals surface area (Å²) < 4.78 is 22.9. The molecular weight excluding hydrogens is 326 g/mol. The molecule has 1 heterocycles. The number of sulfone groups is 1. The normalized spacial score (nSPS) is 21.2. The molecule has 0 spiro atoms. The van der Waals surface area contributed by atoms with Gasteiger partial charge in [-0.25, -0.2) is 8.42 Å². The molecule has 0 aromatic heterocycles. The average Bonchev–Trinajstić information content (AvgIpc) is 2.78. The second kappa shape index (κ2) is 6.70. The van der Waals surface area contributed by atoms with Crippen LogP contribution in [0.5, 0.6) is 0 Å². The Kier molecular flexibility index (Phi) is 5.12. The van der Waals surface area contributed by atoms with Crippen molar-refractivity contribution in [2.45, 2.75) is 29.5 Å². The maximum Gasteiger partial charge on any atom is 0.316 e. The van der Waals surface area contributed by atoms with Crippen LogP contribution >= 0.6 is 11.8 Å². The fraction of sp³-hybridized carbons (Fsp3) is 0.429. The van der Waals surface area contributed by atoms with E-state index in [0.29, 0.717) is 16.9 Å². The van der Waals surface area contributed by atoms with Crippen LogP contribution in [0.3, 0.4) is 0 Å². The van der Waals surface area contributed by atoms with Crippen molar-refractivity contribution in [2.24, 2.45) is 0 Å². The minimum atomic E-state index is -3.06. The molecule has 2 unspecified atom stereocenters. The number of aliphatic carboxylic acids is 1. The first kappa shape index (κ1) is 16.8. The standard InChI is InChI=1S/C14H17NO5S2/c1-9(14(17)18)21-12-5-3-2-4-11(12)13(16)15-10-6-7-22(19,20)8-10/h2-5,9-10H,6-8H2,1H3,(H,15,16)(H,17,18). The predicted octanol–water partition coefficient (Wildman–Crippen LogP) is 1.17. The highest BCUT2D eigenvalue weighted by atomic mass is 32.2. The topological polar surface area (TPSA) is 101 Å². The SMILES string of the molecule is CC(Sc1ccccc1C(=O)NC1CCS(=O)(=O)C1)C(=O)O. The highest BCUT2D eigenvalue weighted by Gasteiger charge is 2.29. The third-order valence-electron chi connectivity index (χ3n) is 3.35. The van der Waals surface area contributed by atoms with Crippen molar-refractivity contribution in [3.63, 3.8) is 0 Å². The molecule has 0 aliphatic carbocycles. The minimum Gasteiger partial charge on any atom is -0.480 e. The fourth-order valence-electron chi connectivity index (χ4n) is 2.17. The summed E-state index contributed by atoms with van der Waals surface area (Å²) >= 11 is 1.09. The number of amides is 1. The number of rotatable bonds is 5. The molecule has 6 nitrogen and oxygen atoms in total. The van der Waals surface area contributed by atoms with Gasteiger partial charge in [-0.05, 0) is 25.5 Å². The van der Waals surface area contributed by atoms with Crippen molar-refractivity contribution < 1.29 is 23.1 Å². The molecule has 0 radical (unpaired) electrons. The van der Waals surface area contributed by atoms with Crippen molar-refractivity contribution in [1.29, 1.82) is 0 Å². The van der Waals surface area contributed by atoms with Gasteiger partial charge < -0.3 is 10.4 Å². The van der Waals surface area contributed by atoms with Gasteiger partial charge in [-0.1, -0.05) is 12.1 Å². The second-order valence-corrected chi connectivity index (χ2v) is 8.78. The zero-order valence-electron chi connectivity index (χ0n) is 12.0. The molecule has 1 aliphatic heterocycles. The number of hydrogen-bond acceptors (Lipinski definition) is 5. The van der Waals surface area contributed by atoms with Gasteiger partial charge in [0.2, 0.25) is 0 Å². The lowest BCUT2D eigenvalue weighted by molar-refractivity contribution is -0.136. The largest absolute Gasteiger partial charge is 0.480 e. The van der Waals surface area contributed by atoms with Crippen LogP contribution in [0.1, 0.15) is 23.7 Å². The van der Waals surface area contributed by atoms with Crippen LogP contribution in [0.2, 0.25) is 0 Å². The van der Waals surface area contributed by atoms with Crippen LogP contribution < -0.4 is 5.32 Å². The van der Waals surface area contributed by atoms with Gasteiger partial charge in [-0.3, -0.25) is 9.59 Å². The van der Waals surface area contributed by atoms with Crippen molar-refractivity contribution in [2.75, 3.05) is 11.5 Å². The molecule has 8 heteroatoms. The van der Waals surface area contributed by atoms with E-state index in [1.54, 1.807) is 31.2 Å². The Hall–Kier alpha value is -1.54. The predicted molar refractivity (Wildman–Crippen MR) is 83.9 cm³/mol. The summed E-state index contributed by atoms with van der Waals surface area (Å²) in [5, 5.41) is 11.0. The van der Waals surface area contributed by atoms with Crippen molar-refractivity contribution in [3.05, 3.63) is 29.8 Å². The van der Waals surface area contributed by atoms with Gasteiger partial charge in [0.05, 0.1) is 17.1 Å². The van der Waals surface area contributed by atoms with Crippen LogP contribution in [-0.4, -0.2) is 48.2 Å². The Bertz CT molecular complexity index is 686. The molecule has 1 fully saturated rings. The summed E-state index contributed by atoms with van der Waals surface area (Å²) in [6.07, 6.45) is 0.412. The lowest BCUT2D eigenvalue weighted by Gasteiger charge is -2.14. The molecule has 2 rings (SSSR count).